The minimum atomic E-state index is -0.211. The molecule has 0 aromatic carbocycles. The van der Waals surface area contributed by atoms with Crippen LogP contribution in [-0.2, 0) is 9.53 Å². The second-order valence-electron chi connectivity index (χ2n) is 9.83. The largest absolute Gasteiger partial charge is 0.466 e. The summed E-state index contributed by atoms with van der Waals surface area (Å²) < 4.78 is 4.40. The SMILES string of the molecule is CCCC1(CCC)CCC2(CCN(CCCN(CC)CC)C2)CC1.CCOC(C)=O. The Kier molecular flexibility index (Phi) is 13.2. The van der Waals surface area contributed by atoms with Crippen LogP contribution in [0.2, 0.25) is 0 Å². The second-order valence-corrected chi connectivity index (χ2v) is 9.83. The summed E-state index contributed by atoms with van der Waals surface area (Å²) in [5, 5.41) is 0. The lowest BCUT2D eigenvalue weighted by Gasteiger charge is -2.45. The number of esters is 1. The van der Waals surface area contributed by atoms with Gasteiger partial charge in [0.1, 0.15) is 0 Å². The molecule has 0 atom stereocenters. The van der Waals surface area contributed by atoms with Gasteiger partial charge in [-0.05, 0) is 102 Å². The molecule has 1 aliphatic carbocycles. The molecule has 2 rings (SSSR count). The quantitative estimate of drug-likeness (QED) is 0.373. The van der Waals surface area contributed by atoms with Crippen LogP contribution in [0.15, 0.2) is 0 Å². The Bertz CT molecular complexity index is 446. The van der Waals surface area contributed by atoms with Crippen LogP contribution >= 0.6 is 0 Å². The zero-order valence-electron chi connectivity index (χ0n) is 21.2. The summed E-state index contributed by atoms with van der Waals surface area (Å²) in [6, 6.07) is 0. The average molecular weight is 425 g/mol. The van der Waals surface area contributed by atoms with Crippen molar-refractivity contribution in [3.8, 4) is 0 Å². The highest BCUT2D eigenvalue weighted by atomic mass is 16.5. The van der Waals surface area contributed by atoms with Gasteiger partial charge < -0.3 is 14.5 Å². The summed E-state index contributed by atoms with van der Waals surface area (Å²) in [5.74, 6) is -0.211. The van der Waals surface area contributed by atoms with E-state index in [2.05, 4.69) is 42.2 Å². The van der Waals surface area contributed by atoms with Crippen LogP contribution in [-0.4, -0.2) is 61.6 Å². The summed E-state index contributed by atoms with van der Waals surface area (Å²) in [5.41, 5.74) is 1.41. The lowest BCUT2D eigenvalue weighted by molar-refractivity contribution is -0.140. The molecular weight excluding hydrogens is 372 g/mol. The molecule has 0 aromatic rings. The van der Waals surface area contributed by atoms with E-state index < -0.39 is 0 Å². The van der Waals surface area contributed by atoms with Gasteiger partial charge in [0.05, 0.1) is 6.61 Å². The molecule has 2 aliphatic rings. The molecule has 0 amide bonds. The highest BCUT2D eigenvalue weighted by molar-refractivity contribution is 5.65. The lowest BCUT2D eigenvalue weighted by atomic mass is 9.60. The Morgan fingerprint density at radius 3 is 1.97 bits per heavy atom. The third kappa shape index (κ3) is 9.26. The maximum Gasteiger partial charge on any atom is 0.302 e. The predicted molar refractivity (Wildman–Crippen MR) is 129 cm³/mol. The predicted octanol–water partition coefficient (Wildman–Crippen LogP) is 6.14. The number of hydrogen-bond donors (Lipinski definition) is 0. The number of nitrogens with zero attached hydrogens (tertiary/aromatic N) is 2. The Morgan fingerprint density at radius 2 is 1.53 bits per heavy atom. The number of rotatable bonds is 11. The van der Waals surface area contributed by atoms with Crippen LogP contribution in [0.1, 0.15) is 106 Å². The summed E-state index contributed by atoms with van der Waals surface area (Å²) >= 11 is 0. The Balaban J connectivity index is 0.000000656. The summed E-state index contributed by atoms with van der Waals surface area (Å²) in [6.07, 6.45) is 14.6. The van der Waals surface area contributed by atoms with Gasteiger partial charge in [-0.15, -0.1) is 0 Å². The third-order valence-electron chi connectivity index (χ3n) is 7.64. The van der Waals surface area contributed by atoms with Crippen molar-refractivity contribution in [1.29, 1.82) is 0 Å². The molecule has 178 valence electrons. The fourth-order valence-electron chi connectivity index (χ4n) is 5.88. The van der Waals surface area contributed by atoms with Crippen LogP contribution in [0.25, 0.3) is 0 Å². The molecule has 1 saturated heterocycles. The first-order valence-electron chi connectivity index (χ1n) is 13.0. The van der Waals surface area contributed by atoms with Crippen LogP contribution < -0.4 is 0 Å². The molecular formula is C26H52N2O2. The van der Waals surface area contributed by atoms with Gasteiger partial charge in [0.25, 0.3) is 0 Å². The average Bonchev–Trinajstić information content (AvgIpc) is 3.12. The lowest BCUT2D eigenvalue weighted by Crippen LogP contribution is -2.37. The molecule has 0 aromatic heterocycles. The van der Waals surface area contributed by atoms with E-state index in [1.807, 2.05) is 0 Å². The molecule has 0 radical (unpaired) electrons. The van der Waals surface area contributed by atoms with Crippen molar-refractivity contribution in [2.45, 2.75) is 106 Å². The summed E-state index contributed by atoms with van der Waals surface area (Å²) in [6.45, 7) is 20.8. The minimum absolute atomic E-state index is 0.211. The molecule has 1 saturated carbocycles. The van der Waals surface area contributed by atoms with E-state index in [0.29, 0.717) is 17.4 Å². The molecule has 4 nitrogen and oxygen atoms in total. The van der Waals surface area contributed by atoms with E-state index in [-0.39, 0.29) is 5.97 Å². The first-order valence-corrected chi connectivity index (χ1v) is 13.0. The third-order valence-corrected chi connectivity index (χ3v) is 7.64. The Labute approximate surface area is 188 Å². The molecule has 1 aliphatic heterocycles. The fraction of sp³-hybridized carbons (Fsp3) is 0.962. The Hall–Kier alpha value is -0.610. The number of carbonyl (C=O) groups excluding carboxylic acids is 1. The molecule has 0 bridgehead atoms. The van der Waals surface area contributed by atoms with Crippen LogP contribution in [0.4, 0.5) is 0 Å². The van der Waals surface area contributed by atoms with Gasteiger partial charge in [-0.25, -0.2) is 0 Å². The Morgan fingerprint density at radius 1 is 0.933 bits per heavy atom. The maximum atomic E-state index is 9.82. The molecule has 1 heterocycles. The van der Waals surface area contributed by atoms with Crippen LogP contribution in [0.3, 0.4) is 0 Å². The van der Waals surface area contributed by atoms with Gasteiger partial charge in [0, 0.05) is 13.5 Å². The highest BCUT2D eigenvalue weighted by Gasteiger charge is 2.44. The molecule has 2 fully saturated rings. The van der Waals surface area contributed by atoms with Crippen molar-refractivity contribution in [1.82, 2.24) is 9.80 Å². The fourth-order valence-corrected chi connectivity index (χ4v) is 5.88. The van der Waals surface area contributed by atoms with Crippen molar-refractivity contribution in [3.05, 3.63) is 0 Å². The standard InChI is InChI=1S/C22H44N2.C4H8O2/c1-5-10-21(11-6-2)12-14-22(15-13-21)16-19-24(20-22)18-9-17-23(7-3)8-4;1-3-6-4(2)5/h5-20H2,1-4H3;3H2,1-2H3. The van der Waals surface area contributed by atoms with Gasteiger partial charge >= 0.3 is 5.97 Å². The number of carbonyl (C=O) groups is 1. The smallest absolute Gasteiger partial charge is 0.302 e. The van der Waals surface area contributed by atoms with Crippen molar-refractivity contribution < 1.29 is 9.53 Å². The minimum Gasteiger partial charge on any atom is -0.466 e. The van der Waals surface area contributed by atoms with E-state index in [1.165, 1.54) is 110 Å². The van der Waals surface area contributed by atoms with E-state index in [0.717, 1.165) is 0 Å². The van der Waals surface area contributed by atoms with Gasteiger partial charge in [-0.2, -0.15) is 0 Å². The van der Waals surface area contributed by atoms with Crippen molar-refractivity contribution in [2.24, 2.45) is 10.8 Å². The normalized spacial score (nSPS) is 20.2. The van der Waals surface area contributed by atoms with Gasteiger partial charge in [-0.3, -0.25) is 4.79 Å². The number of likely N-dealkylation sites (tertiary alicyclic amines) is 1. The maximum absolute atomic E-state index is 9.82. The number of ether oxygens (including phenoxy) is 1. The molecule has 30 heavy (non-hydrogen) atoms. The summed E-state index contributed by atoms with van der Waals surface area (Å²) in [4.78, 5) is 15.2. The monoisotopic (exact) mass is 424 g/mol. The van der Waals surface area contributed by atoms with E-state index >= 15 is 0 Å². The van der Waals surface area contributed by atoms with Crippen molar-refractivity contribution in [2.75, 3.05) is 45.9 Å². The topological polar surface area (TPSA) is 32.8 Å². The van der Waals surface area contributed by atoms with E-state index in [9.17, 15) is 4.79 Å². The molecule has 0 unspecified atom stereocenters. The molecule has 1 spiro atoms. The van der Waals surface area contributed by atoms with Crippen molar-refractivity contribution >= 4 is 5.97 Å². The van der Waals surface area contributed by atoms with Crippen LogP contribution in [0.5, 0.6) is 0 Å². The van der Waals surface area contributed by atoms with E-state index in [4.69, 9.17) is 0 Å². The summed E-state index contributed by atoms with van der Waals surface area (Å²) in [7, 11) is 0. The highest BCUT2D eigenvalue weighted by Crippen LogP contribution is 2.53. The zero-order valence-corrected chi connectivity index (χ0v) is 21.2. The second kappa shape index (κ2) is 14.5. The number of hydrogen-bond acceptors (Lipinski definition) is 4. The van der Waals surface area contributed by atoms with E-state index in [1.54, 1.807) is 6.92 Å². The van der Waals surface area contributed by atoms with Crippen molar-refractivity contribution in [3.63, 3.8) is 0 Å². The van der Waals surface area contributed by atoms with Gasteiger partial charge in [0.15, 0.2) is 0 Å². The van der Waals surface area contributed by atoms with Gasteiger partial charge in [-0.1, -0.05) is 40.5 Å². The molecule has 0 N–H and O–H groups in total. The van der Waals surface area contributed by atoms with Gasteiger partial charge in [0.2, 0.25) is 0 Å². The van der Waals surface area contributed by atoms with Crippen LogP contribution in [0, 0.1) is 10.8 Å². The molecule has 4 heteroatoms. The zero-order chi connectivity index (χ0) is 22.5. The first kappa shape index (κ1) is 27.4. The first-order chi connectivity index (χ1) is 14.4.